The number of carbonyl (C=O) groups excluding carboxylic acids is 1. The molecule has 1 saturated heterocycles. The van der Waals surface area contributed by atoms with Crippen LogP contribution in [0.4, 0.5) is 5.69 Å². The minimum Gasteiger partial charge on any atom is -0.371 e. The molecule has 1 amide bonds. The first-order chi connectivity index (χ1) is 12.1. The van der Waals surface area contributed by atoms with Crippen molar-refractivity contribution in [1.82, 2.24) is 4.90 Å². The van der Waals surface area contributed by atoms with Gasteiger partial charge in [-0.1, -0.05) is 48.5 Å². The predicted octanol–water partition coefficient (Wildman–Crippen LogP) is 3.66. The molecule has 2 aromatic rings. The third-order valence-electron chi connectivity index (χ3n) is 4.84. The molecule has 1 aliphatic heterocycles. The number of halogens is 2. The van der Waals surface area contributed by atoms with Crippen molar-refractivity contribution in [3.63, 3.8) is 0 Å². The Morgan fingerprint density at radius 3 is 2.30 bits per heavy atom. The van der Waals surface area contributed by atoms with Gasteiger partial charge in [0.25, 0.3) is 0 Å². The molecule has 2 aromatic carbocycles. The molecule has 1 atom stereocenters. The molecular formula is C21H29Cl2N3O. The van der Waals surface area contributed by atoms with Gasteiger partial charge in [-0.2, -0.15) is 0 Å². The summed E-state index contributed by atoms with van der Waals surface area (Å²) in [6.45, 7) is 2.79. The maximum Gasteiger partial charge on any atom is 0.239 e. The summed E-state index contributed by atoms with van der Waals surface area (Å²) in [5.74, 6) is -0.0138. The Morgan fingerprint density at radius 1 is 1.04 bits per heavy atom. The highest BCUT2D eigenvalue weighted by Gasteiger charge is 2.21. The quantitative estimate of drug-likeness (QED) is 0.791. The number of rotatable bonds is 6. The number of para-hydroxylation sites is 1. The van der Waals surface area contributed by atoms with Crippen molar-refractivity contribution in [3.05, 3.63) is 65.7 Å². The molecular weight excluding hydrogens is 381 g/mol. The second kappa shape index (κ2) is 11.2. The van der Waals surface area contributed by atoms with Crippen molar-refractivity contribution in [1.29, 1.82) is 0 Å². The van der Waals surface area contributed by atoms with Crippen LogP contribution < -0.4 is 10.6 Å². The van der Waals surface area contributed by atoms with Gasteiger partial charge in [-0.3, -0.25) is 4.79 Å². The fourth-order valence-corrected chi connectivity index (χ4v) is 3.48. The van der Waals surface area contributed by atoms with Crippen molar-refractivity contribution in [2.24, 2.45) is 5.73 Å². The Morgan fingerprint density at radius 2 is 1.63 bits per heavy atom. The van der Waals surface area contributed by atoms with Crippen LogP contribution in [0.25, 0.3) is 0 Å². The van der Waals surface area contributed by atoms with E-state index in [4.69, 9.17) is 5.73 Å². The van der Waals surface area contributed by atoms with E-state index in [0.29, 0.717) is 13.0 Å². The van der Waals surface area contributed by atoms with E-state index in [-0.39, 0.29) is 30.7 Å². The van der Waals surface area contributed by atoms with Gasteiger partial charge in [0.2, 0.25) is 5.91 Å². The number of anilines is 1. The molecule has 0 spiro atoms. The van der Waals surface area contributed by atoms with Crippen molar-refractivity contribution >= 4 is 36.4 Å². The van der Waals surface area contributed by atoms with Gasteiger partial charge in [-0.05, 0) is 36.5 Å². The zero-order valence-corrected chi connectivity index (χ0v) is 17.3. The van der Waals surface area contributed by atoms with E-state index in [2.05, 4.69) is 23.1 Å². The van der Waals surface area contributed by atoms with Crippen LogP contribution in [0.3, 0.4) is 0 Å². The SMILES string of the molecule is CN(Cc1ccccc1N1CCCC1)C(=O)C(N)Cc1ccccc1.Cl.Cl. The standard InChI is InChI=1S/C21H27N3O.2ClH/c1-23(21(25)19(22)15-17-9-3-2-4-10-17)16-18-11-5-6-12-20(18)24-13-7-8-14-24;;/h2-6,9-12,19H,7-8,13-16,22H2,1H3;2*1H. The molecule has 6 heteroatoms. The molecule has 148 valence electrons. The number of amides is 1. The summed E-state index contributed by atoms with van der Waals surface area (Å²) in [4.78, 5) is 16.8. The van der Waals surface area contributed by atoms with Gasteiger partial charge in [0.15, 0.2) is 0 Å². The van der Waals surface area contributed by atoms with Crippen molar-refractivity contribution in [3.8, 4) is 0 Å². The summed E-state index contributed by atoms with van der Waals surface area (Å²) in [5.41, 5.74) is 9.69. The van der Waals surface area contributed by atoms with Gasteiger partial charge in [-0.15, -0.1) is 24.8 Å². The van der Waals surface area contributed by atoms with E-state index in [1.807, 2.05) is 43.4 Å². The van der Waals surface area contributed by atoms with Crippen molar-refractivity contribution in [2.75, 3.05) is 25.0 Å². The van der Waals surface area contributed by atoms with E-state index in [9.17, 15) is 4.79 Å². The van der Waals surface area contributed by atoms with Crippen LogP contribution in [0, 0.1) is 0 Å². The Hall–Kier alpha value is -1.75. The lowest BCUT2D eigenvalue weighted by atomic mass is 10.1. The van der Waals surface area contributed by atoms with Crippen LogP contribution in [0.5, 0.6) is 0 Å². The molecule has 0 radical (unpaired) electrons. The number of hydrogen-bond acceptors (Lipinski definition) is 3. The molecule has 27 heavy (non-hydrogen) atoms. The highest BCUT2D eigenvalue weighted by atomic mass is 35.5. The highest BCUT2D eigenvalue weighted by Crippen LogP contribution is 2.25. The second-order valence-electron chi connectivity index (χ2n) is 6.81. The summed E-state index contributed by atoms with van der Waals surface area (Å²) in [6.07, 6.45) is 3.05. The van der Waals surface area contributed by atoms with Gasteiger partial charge >= 0.3 is 0 Å². The first kappa shape index (κ1) is 23.3. The highest BCUT2D eigenvalue weighted by molar-refractivity contribution is 5.85. The minimum absolute atomic E-state index is 0. The van der Waals surface area contributed by atoms with Crippen LogP contribution >= 0.6 is 24.8 Å². The second-order valence-corrected chi connectivity index (χ2v) is 6.81. The molecule has 1 aliphatic rings. The van der Waals surface area contributed by atoms with E-state index >= 15 is 0 Å². The van der Waals surface area contributed by atoms with E-state index in [0.717, 1.165) is 18.7 Å². The molecule has 1 heterocycles. The summed E-state index contributed by atoms with van der Waals surface area (Å²) in [7, 11) is 1.84. The zero-order valence-electron chi connectivity index (χ0n) is 15.7. The van der Waals surface area contributed by atoms with Crippen LogP contribution in [-0.2, 0) is 17.8 Å². The van der Waals surface area contributed by atoms with Crippen LogP contribution in [0.15, 0.2) is 54.6 Å². The average molecular weight is 410 g/mol. The minimum atomic E-state index is -0.508. The molecule has 1 fully saturated rings. The monoisotopic (exact) mass is 409 g/mol. The number of nitrogens with two attached hydrogens (primary N) is 1. The summed E-state index contributed by atoms with van der Waals surface area (Å²) in [6, 6.07) is 17.8. The molecule has 0 saturated carbocycles. The van der Waals surface area contributed by atoms with Gasteiger partial charge in [0, 0.05) is 32.4 Å². The maximum atomic E-state index is 12.7. The summed E-state index contributed by atoms with van der Waals surface area (Å²) in [5, 5.41) is 0. The van der Waals surface area contributed by atoms with Crippen molar-refractivity contribution < 1.29 is 4.79 Å². The van der Waals surface area contributed by atoms with E-state index in [1.165, 1.54) is 24.1 Å². The first-order valence-corrected chi connectivity index (χ1v) is 9.02. The fraction of sp³-hybridized carbons (Fsp3) is 0.381. The van der Waals surface area contributed by atoms with Gasteiger partial charge < -0.3 is 15.5 Å². The molecule has 2 N–H and O–H groups in total. The Bertz CT molecular complexity index is 706. The number of likely N-dealkylation sites (N-methyl/N-ethyl adjacent to an activating group) is 1. The number of benzene rings is 2. The average Bonchev–Trinajstić information content (AvgIpc) is 3.16. The molecule has 4 nitrogen and oxygen atoms in total. The van der Waals surface area contributed by atoms with Crippen molar-refractivity contribution in [2.45, 2.75) is 31.8 Å². The number of carbonyl (C=O) groups is 1. The lowest BCUT2D eigenvalue weighted by Gasteiger charge is -2.26. The normalized spacial score (nSPS) is 14.1. The molecule has 3 rings (SSSR count). The predicted molar refractivity (Wildman–Crippen MR) is 117 cm³/mol. The fourth-order valence-electron chi connectivity index (χ4n) is 3.48. The molecule has 1 unspecified atom stereocenters. The van der Waals surface area contributed by atoms with Gasteiger partial charge in [0.1, 0.15) is 0 Å². The third-order valence-corrected chi connectivity index (χ3v) is 4.84. The zero-order chi connectivity index (χ0) is 17.6. The van der Waals surface area contributed by atoms with Gasteiger partial charge in [0.05, 0.1) is 6.04 Å². The Balaban J connectivity index is 0.00000182. The number of hydrogen-bond donors (Lipinski definition) is 1. The van der Waals surface area contributed by atoms with Crippen LogP contribution in [0.1, 0.15) is 24.0 Å². The van der Waals surface area contributed by atoms with Crippen LogP contribution in [0.2, 0.25) is 0 Å². The number of nitrogens with zero attached hydrogens (tertiary/aromatic N) is 2. The van der Waals surface area contributed by atoms with Gasteiger partial charge in [-0.25, -0.2) is 0 Å². The summed E-state index contributed by atoms with van der Waals surface area (Å²) < 4.78 is 0. The van der Waals surface area contributed by atoms with E-state index < -0.39 is 6.04 Å². The molecule has 0 bridgehead atoms. The Labute approximate surface area is 174 Å². The largest absolute Gasteiger partial charge is 0.371 e. The Kier molecular flexibility index (Phi) is 9.64. The van der Waals surface area contributed by atoms with Crippen LogP contribution in [-0.4, -0.2) is 37.0 Å². The lowest BCUT2D eigenvalue weighted by molar-refractivity contribution is -0.131. The maximum absolute atomic E-state index is 12.7. The smallest absolute Gasteiger partial charge is 0.239 e. The third kappa shape index (κ3) is 6.13. The topological polar surface area (TPSA) is 49.6 Å². The first-order valence-electron chi connectivity index (χ1n) is 9.02. The summed E-state index contributed by atoms with van der Waals surface area (Å²) >= 11 is 0. The molecule has 0 aliphatic carbocycles. The van der Waals surface area contributed by atoms with E-state index in [1.54, 1.807) is 4.90 Å². The lowest BCUT2D eigenvalue weighted by Crippen LogP contribution is -2.42. The molecule has 0 aromatic heterocycles.